The summed E-state index contributed by atoms with van der Waals surface area (Å²) < 4.78 is 0. The molecule has 1 unspecified atom stereocenters. The largest absolute Gasteiger partial charge is 0.399 e. The minimum absolute atomic E-state index is 0.612. The van der Waals surface area contributed by atoms with Crippen molar-refractivity contribution in [1.82, 2.24) is 0 Å². The molecule has 1 aliphatic rings. The van der Waals surface area contributed by atoms with E-state index in [-0.39, 0.29) is 0 Å². The quantitative estimate of drug-likeness (QED) is 0.856. The Labute approximate surface area is 121 Å². The summed E-state index contributed by atoms with van der Waals surface area (Å²) in [5.41, 5.74) is 11.1. The number of hydrogen-bond acceptors (Lipinski definition) is 2. The number of anilines is 2. The van der Waals surface area contributed by atoms with Crippen LogP contribution in [-0.4, -0.2) is 12.6 Å². The first kappa shape index (κ1) is 13.0. The highest BCUT2D eigenvalue weighted by Crippen LogP contribution is 2.31. The maximum absolute atomic E-state index is 6.01. The second-order valence-electron chi connectivity index (χ2n) is 5.68. The molecule has 0 saturated heterocycles. The topological polar surface area (TPSA) is 29.3 Å². The smallest absolute Gasteiger partial charge is 0.0402 e. The van der Waals surface area contributed by atoms with Crippen LogP contribution < -0.4 is 10.6 Å². The highest BCUT2D eigenvalue weighted by atomic mass is 15.2. The van der Waals surface area contributed by atoms with Gasteiger partial charge in [-0.25, -0.2) is 0 Å². The summed E-state index contributed by atoms with van der Waals surface area (Å²) in [5, 5.41) is 0. The van der Waals surface area contributed by atoms with Crippen molar-refractivity contribution in [2.24, 2.45) is 0 Å². The molecule has 1 aliphatic heterocycles. The average Bonchev–Trinajstić information content (AvgIpc) is 2.77. The fraction of sp³-hybridized carbons (Fsp3) is 0.333. The van der Waals surface area contributed by atoms with Crippen LogP contribution in [0.5, 0.6) is 0 Å². The first-order valence-electron chi connectivity index (χ1n) is 7.43. The third kappa shape index (κ3) is 2.51. The molecule has 0 radical (unpaired) electrons. The van der Waals surface area contributed by atoms with Crippen molar-refractivity contribution in [2.75, 3.05) is 17.2 Å². The van der Waals surface area contributed by atoms with Crippen LogP contribution in [0.15, 0.2) is 48.5 Å². The molecule has 104 valence electrons. The number of hydrogen-bond donors (Lipinski definition) is 1. The maximum Gasteiger partial charge on any atom is 0.0402 e. The van der Waals surface area contributed by atoms with Crippen molar-refractivity contribution in [3.8, 4) is 0 Å². The first-order valence-corrected chi connectivity index (χ1v) is 7.43. The van der Waals surface area contributed by atoms with Gasteiger partial charge in [-0.1, -0.05) is 36.4 Å². The zero-order chi connectivity index (χ0) is 13.9. The van der Waals surface area contributed by atoms with Crippen LogP contribution in [0.4, 0.5) is 11.4 Å². The Morgan fingerprint density at radius 2 is 1.85 bits per heavy atom. The minimum atomic E-state index is 0.612. The minimum Gasteiger partial charge on any atom is -0.399 e. The Balaban J connectivity index is 1.63. The normalized spacial score (nSPS) is 17.2. The van der Waals surface area contributed by atoms with Crippen LogP contribution in [0.25, 0.3) is 0 Å². The Kier molecular flexibility index (Phi) is 3.64. The summed E-state index contributed by atoms with van der Waals surface area (Å²) in [6.45, 7) is 3.42. The van der Waals surface area contributed by atoms with E-state index in [1.807, 2.05) is 12.1 Å². The number of nitrogens with two attached hydrogens (primary N) is 1. The van der Waals surface area contributed by atoms with Gasteiger partial charge in [-0.15, -0.1) is 0 Å². The van der Waals surface area contributed by atoms with E-state index in [4.69, 9.17) is 5.73 Å². The maximum atomic E-state index is 6.01. The molecule has 1 atom stereocenters. The van der Waals surface area contributed by atoms with Crippen LogP contribution >= 0.6 is 0 Å². The van der Waals surface area contributed by atoms with Gasteiger partial charge in [0.25, 0.3) is 0 Å². The number of benzene rings is 2. The van der Waals surface area contributed by atoms with Crippen LogP contribution in [-0.2, 0) is 12.8 Å². The van der Waals surface area contributed by atoms with E-state index < -0.39 is 0 Å². The van der Waals surface area contributed by atoms with Gasteiger partial charge in [0, 0.05) is 24.0 Å². The molecule has 0 amide bonds. The molecule has 0 spiro atoms. The van der Waals surface area contributed by atoms with Crippen LogP contribution in [0.3, 0.4) is 0 Å². The lowest BCUT2D eigenvalue weighted by molar-refractivity contribution is 0.647. The Bertz CT molecular complexity index is 591. The molecular weight excluding hydrogens is 244 g/mol. The Morgan fingerprint density at radius 3 is 2.70 bits per heavy atom. The monoisotopic (exact) mass is 266 g/mol. The zero-order valence-electron chi connectivity index (χ0n) is 12.0. The number of nitrogen functional groups attached to an aromatic ring is 1. The van der Waals surface area contributed by atoms with Crippen LogP contribution in [0.2, 0.25) is 0 Å². The van der Waals surface area contributed by atoms with E-state index in [0.717, 1.165) is 25.1 Å². The van der Waals surface area contributed by atoms with Gasteiger partial charge in [0.15, 0.2) is 0 Å². The van der Waals surface area contributed by atoms with Gasteiger partial charge in [0.05, 0.1) is 0 Å². The molecule has 20 heavy (non-hydrogen) atoms. The molecule has 3 rings (SSSR count). The standard InChI is InChI=1S/C18H22N2/c1-14-13-16-8-3-5-11-18(16)20(14)12-6-9-15-7-2-4-10-17(15)19/h2-5,7-8,10-11,14H,6,9,12-13,19H2,1H3. The lowest BCUT2D eigenvalue weighted by Crippen LogP contribution is -2.30. The molecule has 0 aromatic heterocycles. The third-order valence-electron chi connectivity index (χ3n) is 4.25. The van der Waals surface area contributed by atoms with E-state index in [9.17, 15) is 0 Å². The lowest BCUT2D eigenvalue weighted by atomic mass is 10.1. The van der Waals surface area contributed by atoms with Gasteiger partial charge < -0.3 is 10.6 Å². The van der Waals surface area contributed by atoms with Gasteiger partial charge in [-0.3, -0.25) is 0 Å². The lowest BCUT2D eigenvalue weighted by Gasteiger charge is -2.25. The summed E-state index contributed by atoms with van der Waals surface area (Å²) in [5.74, 6) is 0. The Morgan fingerprint density at radius 1 is 1.10 bits per heavy atom. The molecule has 1 heterocycles. The van der Waals surface area contributed by atoms with Gasteiger partial charge in [-0.2, -0.15) is 0 Å². The van der Waals surface area contributed by atoms with Gasteiger partial charge >= 0.3 is 0 Å². The second kappa shape index (κ2) is 5.58. The summed E-state index contributed by atoms with van der Waals surface area (Å²) in [6, 6.07) is 17.6. The molecule has 2 aromatic carbocycles. The van der Waals surface area contributed by atoms with Crippen molar-refractivity contribution in [3.05, 3.63) is 59.7 Å². The average molecular weight is 266 g/mol. The number of rotatable bonds is 4. The summed E-state index contributed by atoms with van der Waals surface area (Å²) in [4.78, 5) is 2.54. The van der Waals surface area contributed by atoms with Crippen molar-refractivity contribution < 1.29 is 0 Å². The van der Waals surface area contributed by atoms with Gasteiger partial charge in [0.1, 0.15) is 0 Å². The molecule has 0 fully saturated rings. The van der Waals surface area contributed by atoms with Crippen LogP contribution in [0.1, 0.15) is 24.5 Å². The SMILES string of the molecule is CC1Cc2ccccc2N1CCCc1ccccc1N. The number of fused-ring (bicyclic) bond motifs is 1. The van der Waals surface area contributed by atoms with E-state index in [0.29, 0.717) is 6.04 Å². The molecule has 2 N–H and O–H groups in total. The highest BCUT2D eigenvalue weighted by Gasteiger charge is 2.24. The van der Waals surface area contributed by atoms with Crippen molar-refractivity contribution in [3.63, 3.8) is 0 Å². The Hall–Kier alpha value is -1.96. The molecule has 0 bridgehead atoms. The van der Waals surface area contributed by atoms with E-state index in [1.165, 1.54) is 23.2 Å². The first-order chi connectivity index (χ1) is 9.75. The van der Waals surface area contributed by atoms with E-state index in [2.05, 4.69) is 48.2 Å². The highest BCUT2D eigenvalue weighted by molar-refractivity contribution is 5.59. The molecule has 0 saturated carbocycles. The fourth-order valence-corrected chi connectivity index (χ4v) is 3.17. The number of aryl methyl sites for hydroxylation is 1. The van der Waals surface area contributed by atoms with Crippen molar-refractivity contribution in [1.29, 1.82) is 0 Å². The summed E-state index contributed by atoms with van der Waals surface area (Å²) in [6.07, 6.45) is 3.37. The van der Waals surface area contributed by atoms with E-state index in [1.54, 1.807) is 0 Å². The molecule has 2 aromatic rings. The van der Waals surface area contributed by atoms with Crippen molar-refractivity contribution >= 4 is 11.4 Å². The second-order valence-corrected chi connectivity index (χ2v) is 5.68. The van der Waals surface area contributed by atoms with Crippen molar-refractivity contribution in [2.45, 2.75) is 32.2 Å². The predicted molar refractivity (Wildman–Crippen MR) is 86.1 cm³/mol. The fourth-order valence-electron chi connectivity index (χ4n) is 3.17. The molecular formula is C18H22N2. The van der Waals surface area contributed by atoms with Gasteiger partial charge in [0.2, 0.25) is 0 Å². The number of nitrogens with zero attached hydrogens (tertiary/aromatic N) is 1. The van der Waals surface area contributed by atoms with Crippen LogP contribution in [0, 0.1) is 0 Å². The molecule has 2 heteroatoms. The van der Waals surface area contributed by atoms with Gasteiger partial charge in [-0.05, 0) is 49.4 Å². The summed E-state index contributed by atoms with van der Waals surface area (Å²) >= 11 is 0. The molecule has 2 nitrogen and oxygen atoms in total. The van der Waals surface area contributed by atoms with E-state index >= 15 is 0 Å². The number of para-hydroxylation sites is 2. The molecule has 0 aliphatic carbocycles. The zero-order valence-corrected chi connectivity index (χ0v) is 12.0. The summed E-state index contributed by atoms with van der Waals surface area (Å²) in [7, 11) is 0. The third-order valence-corrected chi connectivity index (χ3v) is 4.25. The predicted octanol–water partition coefficient (Wildman–Crippen LogP) is 3.65.